The Morgan fingerprint density at radius 1 is 1.11 bits per heavy atom. The van der Waals surface area contributed by atoms with Crippen molar-refractivity contribution in [2.45, 2.75) is 122 Å². The third-order valence-electron chi connectivity index (χ3n) is 8.30. The number of fused-ring (bicyclic) bond motifs is 1. The minimum atomic E-state index is -2.05. The van der Waals surface area contributed by atoms with Gasteiger partial charge in [-0.3, -0.25) is 4.90 Å². The standard InChI is InChI=1S/C29H45NO5Si/c1-28(2,3)36(6,7)35-24-19-23(25-26(24)34-29(4,5)33-25)30(18-17-21-13-11-12-14-21)27(31)32-20-22-15-9-8-10-16-22/h8-10,15-17,23-26H,11-14,18-20H2,1-7H3/t23-,24+,25+,26-/m1/s1. The van der Waals surface area contributed by atoms with Crippen LogP contribution in [0.25, 0.3) is 0 Å². The van der Waals surface area contributed by atoms with E-state index in [4.69, 9.17) is 18.6 Å². The zero-order valence-corrected chi connectivity index (χ0v) is 24.2. The smallest absolute Gasteiger partial charge is 0.410 e. The molecule has 1 heterocycles. The molecule has 3 fully saturated rings. The highest BCUT2D eigenvalue weighted by molar-refractivity contribution is 6.74. The summed E-state index contributed by atoms with van der Waals surface area (Å²) >= 11 is 0. The first-order valence-electron chi connectivity index (χ1n) is 13.5. The van der Waals surface area contributed by atoms with Crippen LogP contribution < -0.4 is 0 Å². The molecule has 4 atom stereocenters. The molecule has 2 aliphatic carbocycles. The molecule has 7 heteroatoms. The van der Waals surface area contributed by atoms with Crippen LogP contribution in [-0.2, 0) is 25.2 Å². The molecule has 0 aromatic heterocycles. The van der Waals surface area contributed by atoms with Crippen molar-refractivity contribution in [3.63, 3.8) is 0 Å². The van der Waals surface area contributed by atoms with Crippen molar-refractivity contribution < 1.29 is 23.4 Å². The molecule has 0 radical (unpaired) electrons. The lowest BCUT2D eigenvalue weighted by atomic mass is 10.1. The summed E-state index contributed by atoms with van der Waals surface area (Å²) in [5.74, 6) is -0.716. The summed E-state index contributed by atoms with van der Waals surface area (Å²) in [6.07, 6.45) is 6.73. The number of amides is 1. The van der Waals surface area contributed by atoms with Crippen molar-refractivity contribution in [1.82, 2.24) is 4.90 Å². The SMILES string of the molecule is CC1(C)O[C@@H]2[C@H](O1)[C@@H](O[Si](C)(C)C(C)(C)C)C[C@H]2N(CC=C1CCCC1)C(=O)OCc1ccccc1. The molecule has 0 N–H and O–H groups in total. The second-order valence-electron chi connectivity index (χ2n) is 12.5. The van der Waals surface area contributed by atoms with Crippen molar-refractivity contribution in [1.29, 1.82) is 0 Å². The maximum atomic E-state index is 13.6. The normalized spacial score (nSPS) is 27.7. The number of benzene rings is 1. The number of nitrogens with zero attached hydrogens (tertiary/aromatic N) is 1. The summed E-state index contributed by atoms with van der Waals surface area (Å²) in [6, 6.07) is 9.66. The molecule has 1 aromatic rings. The summed E-state index contributed by atoms with van der Waals surface area (Å²) in [7, 11) is -2.05. The molecule has 0 spiro atoms. The summed E-state index contributed by atoms with van der Waals surface area (Å²) in [5.41, 5.74) is 2.41. The highest BCUT2D eigenvalue weighted by Gasteiger charge is 2.58. The van der Waals surface area contributed by atoms with Crippen molar-refractivity contribution in [3.8, 4) is 0 Å². The van der Waals surface area contributed by atoms with Gasteiger partial charge in [-0.1, -0.05) is 62.8 Å². The average molecular weight is 516 g/mol. The molecule has 0 unspecified atom stereocenters. The van der Waals surface area contributed by atoms with E-state index in [0.29, 0.717) is 13.0 Å². The topological polar surface area (TPSA) is 57.2 Å². The van der Waals surface area contributed by atoms with Crippen LogP contribution in [-0.4, -0.2) is 56.0 Å². The Labute approximate surface area is 218 Å². The van der Waals surface area contributed by atoms with Gasteiger partial charge in [0.05, 0.1) is 12.1 Å². The van der Waals surface area contributed by atoms with Crippen LogP contribution in [0.1, 0.15) is 72.3 Å². The molecule has 200 valence electrons. The first-order chi connectivity index (χ1) is 16.9. The Kier molecular flexibility index (Phi) is 8.06. The molecule has 1 aliphatic heterocycles. The molecule has 0 bridgehead atoms. The Hall–Kier alpha value is -1.67. The largest absolute Gasteiger partial charge is 0.445 e. The Morgan fingerprint density at radius 2 is 1.75 bits per heavy atom. The van der Waals surface area contributed by atoms with Gasteiger partial charge < -0.3 is 18.6 Å². The minimum absolute atomic E-state index is 0.0801. The number of ether oxygens (including phenoxy) is 3. The Morgan fingerprint density at radius 3 is 2.39 bits per heavy atom. The molecule has 6 nitrogen and oxygen atoms in total. The third kappa shape index (κ3) is 6.24. The summed E-state index contributed by atoms with van der Waals surface area (Å²) in [6.45, 7) is 16.0. The fourth-order valence-corrected chi connectivity index (χ4v) is 6.63. The summed E-state index contributed by atoms with van der Waals surface area (Å²) in [4.78, 5) is 15.4. The van der Waals surface area contributed by atoms with Crippen LogP contribution in [0.4, 0.5) is 4.79 Å². The number of hydrogen-bond acceptors (Lipinski definition) is 5. The van der Waals surface area contributed by atoms with Crippen LogP contribution in [0.3, 0.4) is 0 Å². The molecule has 36 heavy (non-hydrogen) atoms. The number of carbonyl (C=O) groups excluding carboxylic acids is 1. The fourth-order valence-electron chi connectivity index (χ4n) is 5.29. The van der Waals surface area contributed by atoms with Crippen LogP contribution in [0.2, 0.25) is 18.1 Å². The van der Waals surface area contributed by atoms with E-state index in [2.05, 4.69) is 39.9 Å². The third-order valence-corrected chi connectivity index (χ3v) is 12.8. The van der Waals surface area contributed by atoms with E-state index < -0.39 is 14.1 Å². The molecular formula is C29H45NO5Si. The maximum Gasteiger partial charge on any atom is 0.410 e. The predicted molar refractivity (Wildman–Crippen MR) is 144 cm³/mol. The van der Waals surface area contributed by atoms with E-state index in [9.17, 15) is 4.79 Å². The summed E-state index contributed by atoms with van der Waals surface area (Å²) in [5, 5.41) is 0.0801. The van der Waals surface area contributed by atoms with Gasteiger partial charge in [0.15, 0.2) is 14.1 Å². The Balaban J connectivity index is 1.57. The zero-order valence-electron chi connectivity index (χ0n) is 23.2. The van der Waals surface area contributed by atoms with Gasteiger partial charge >= 0.3 is 6.09 Å². The van der Waals surface area contributed by atoms with Crippen LogP contribution in [0.15, 0.2) is 42.0 Å². The van der Waals surface area contributed by atoms with Crippen molar-refractivity contribution in [2.75, 3.05) is 6.54 Å². The highest BCUT2D eigenvalue weighted by Crippen LogP contribution is 2.45. The van der Waals surface area contributed by atoms with Gasteiger partial charge in [0.2, 0.25) is 0 Å². The van der Waals surface area contributed by atoms with Crippen molar-refractivity contribution >= 4 is 14.4 Å². The van der Waals surface area contributed by atoms with E-state index in [1.165, 1.54) is 18.4 Å². The van der Waals surface area contributed by atoms with Crippen LogP contribution in [0.5, 0.6) is 0 Å². The van der Waals surface area contributed by atoms with Crippen molar-refractivity contribution in [2.24, 2.45) is 0 Å². The monoisotopic (exact) mass is 515 g/mol. The number of carbonyl (C=O) groups is 1. The molecule has 4 rings (SSSR count). The Bertz CT molecular complexity index is 931. The molecular weight excluding hydrogens is 470 g/mol. The zero-order chi connectivity index (χ0) is 26.1. The first kappa shape index (κ1) is 27.4. The van der Waals surface area contributed by atoms with Crippen molar-refractivity contribution in [3.05, 3.63) is 47.5 Å². The van der Waals surface area contributed by atoms with Gasteiger partial charge in [-0.05, 0) is 69.6 Å². The maximum absolute atomic E-state index is 13.6. The van der Waals surface area contributed by atoms with Gasteiger partial charge in [0.25, 0.3) is 0 Å². The van der Waals surface area contributed by atoms with Gasteiger partial charge in [-0.25, -0.2) is 4.79 Å². The molecule has 1 aromatic carbocycles. The van der Waals surface area contributed by atoms with Gasteiger partial charge in [0, 0.05) is 6.54 Å². The van der Waals surface area contributed by atoms with Crippen LogP contribution >= 0.6 is 0 Å². The number of hydrogen-bond donors (Lipinski definition) is 0. The number of rotatable bonds is 7. The first-order valence-corrected chi connectivity index (χ1v) is 16.5. The fraction of sp³-hybridized carbons (Fsp3) is 0.690. The van der Waals surface area contributed by atoms with Gasteiger partial charge in [0.1, 0.15) is 18.8 Å². The average Bonchev–Trinajstić information content (AvgIpc) is 3.49. The van der Waals surface area contributed by atoms with E-state index in [-0.39, 0.29) is 42.1 Å². The van der Waals surface area contributed by atoms with E-state index >= 15 is 0 Å². The lowest BCUT2D eigenvalue weighted by Gasteiger charge is -2.39. The molecule has 2 saturated carbocycles. The highest BCUT2D eigenvalue weighted by atomic mass is 28.4. The van der Waals surface area contributed by atoms with Gasteiger partial charge in [-0.2, -0.15) is 0 Å². The lowest BCUT2D eigenvalue weighted by molar-refractivity contribution is -0.166. The van der Waals surface area contributed by atoms with E-state index in [0.717, 1.165) is 18.4 Å². The second kappa shape index (κ2) is 10.6. The molecule has 1 amide bonds. The molecule has 3 aliphatic rings. The molecule has 1 saturated heterocycles. The van der Waals surface area contributed by atoms with E-state index in [1.54, 1.807) is 0 Å². The van der Waals surface area contributed by atoms with E-state index in [1.807, 2.05) is 49.1 Å². The van der Waals surface area contributed by atoms with Crippen LogP contribution in [0, 0.1) is 0 Å². The predicted octanol–water partition coefficient (Wildman–Crippen LogP) is 6.81. The quantitative estimate of drug-likeness (QED) is 0.295. The minimum Gasteiger partial charge on any atom is -0.445 e. The summed E-state index contributed by atoms with van der Waals surface area (Å²) < 4.78 is 25.5. The lowest BCUT2D eigenvalue weighted by Crippen LogP contribution is -2.47. The number of allylic oxidation sites excluding steroid dienone is 1. The second-order valence-corrected chi connectivity index (χ2v) is 17.3. The van der Waals surface area contributed by atoms with Gasteiger partial charge in [-0.15, -0.1) is 0 Å².